The molecule has 1 atom stereocenters. The Morgan fingerprint density at radius 1 is 1.11 bits per heavy atom. The second-order valence-corrected chi connectivity index (χ2v) is 9.83. The first-order chi connectivity index (χ1) is 17.4. The summed E-state index contributed by atoms with van der Waals surface area (Å²) < 4.78 is 26.6. The van der Waals surface area contributed by atoms with Crippen LogP contribution in [0.15, 0.2) is 63.8 Å². The standard InChI is InChI=1S/C28H21FN2O4S/c1-4-34-18-7-5-6-16(12-18)24-22-25(32)19-13-17(29)8-9-20(19)35-26(22)27(33)31(24)28-30-23-15(3)10-14(2)11-21(23)36-28/h5-13,24H,4H2,1-3H3. The number of fused-ring (bicyclic) bond motifs is 3. The highest BCUT2D eigenvalue weighted by atomic mass is 32.1. The second-order valence-electron chi connectivity index (χ2n) is 8.82. The maximum absolute atomic E-state index is 14.1. The Balaban J connectivity index is 1.63. The Morgan fingerprint density at radius 3 is 2.75 bits per heavy atom. The van der Waals surface area contributed by atoms with Crippen molar-refractivity contribution in [2.45, 2.75) is 26.8 Å². The monoisotopic (exact) mass is 500 g/mol. The summed E-state index contributed by atoms with van der Waals surface area (Å²) in [6, 6.07) is 14.3. The van der Waals surface area contributed by atoms with Gasteiger partial charge < -0.3 is 9.15 Å². The molecule has 0 saturated carbocycles. The molecule has 0 radical (unpaired) electrons. The number of amides is 1. The molecule has 8 heteroatoms. The fourth-order valence-electron chi connectivity index (χ4n) is 4.86. The molecule has 36 heavy (non-hydrogen) atoms. The average molecular weight is 501 g/mol. The van der Waals surface area contributed by atoms with Crippen molar-refractivity contribution < 1.29 is 18.3 Å². The molecule has 0 aliphatic carbocycles. The minimum absolute atomic E-state index is 0.0573. The number of aromatic nitrogens is 1. The summed E-state index contributed by atoms with van der Waals surface area (Å²) in [6.45, 7) is 6.34. The van der Waals surface area contributed by atoms with E-state index in [-0.39, 0.29) is 22.3 Å². The number of anilines is 1. The van der Waals surface area contributed by atoms with Crippen LogP contribution in [-0.4, -0.2) is 17.5 Å². The molecular formula is C28H21FN2O4S. The molecule has 5 aromatic rings. The van der Waals surface area contributed by atoms with Gasteiger partial charge >= 0.3 is 0 Å². The molecule has 6 rings (SSSR count). The summed E-state index contributed by atoms with van der Waals surface area (Å²) in [5.41, 5.74) is 3.45. The van der Waals surface area contributed by atoms with Crippen LogP contribution in [0.5, 0.6) is 5.75 Å². The van der Waals surface area contributed by atoms with Crippen molar-refractivity contribution in [2.75, 3.05) is 11.5 Å². The van der Waals surface area contributed by atoms with Gasteiger partial charge in [0.05, 0.1) is 33.8 Å². The van der Waals surface area contributed by atoms with Crippen LogP contribution in [0.3, 0.4) is 0 Å². The molecule has 1 amide bonds. The van der Waals surface area contributed by atoms with E-state index in [0.717, 1.165) is 27.4 Å². The molecule has 1 aliphatic heterocycles. The highest BCUT2D eigenvalue weighted by Crippen LogP contribution is 2.44. The van der Waals surface area contributed by atoms with Crippen molar-refractivity contribution in [3.63, 3.8) is 0 Å². The molecule has 3 aromatic carbocycles. The van der Waals surface area contributed by atoms with E-state index in [1.165, 1.54) is 28.4 Å². The van der Waals surface area contributed by atoms with E-state index >= 15 is 0 Å². The molecule has 3 heterocycles. The Hall–Kier alpha value is -4.04. The summed E-state index contributed by atoms with van der Waals surface area (Å²) in [5, 5.41) is 0.543. The summed E-state index contributed by atoms with van der Waals surface area (Å²) in [7, 11) is 0. The van der Waals surface area contributed by atoms with Crippen LogP contribution in [0, 0.1) is 19.7 Å². The first kappa shape index (κ1) is 22.4. The Bertz CT molecular complexity index is 1760. The van der Waals surface area contributed by atoms with Crippen molar-refractivity contribution >= 4 is 43.6 Å². The molecular weight excluding hydrogens is 479 g/mol. The van der Waals surface area contributed by atoms with Gasteiger partial charge in [0.1, 0.15) is 17.1 Å². The summed E-state index contributed by atoms with van der Waals surface area (Å²) in [4.78, 5) is 33.9. The molecule has 1 aliphatic rings. The van der Waals surface area contributed by atoms with E-state index in [9.17, 15) is 14.0 Å². The minimum atomic E-state index is -0.807. The number of nitrogens with zero attached hydrogens (tertiary/aromatic N) is 2. The molecule has 6 nitrogen and oxygen atoms in total. The predicted octanol–water partition coefficient (Wildman–Crippen LogP) is 6.31. The number of thiazole rings is 1. The van der Waals surface area contributed by atoms with Crippen LogP contribution in [0.2, 0.25) is 0 Å². The molecule has 0 spiro atoms. The second kappa shape index (κ2) is 8.27. The van der Waals surface area contributed by atoms with Gasteiger partial charge in [-0.1, -0.05) is 29.5 Å². The quantitative estimate of drug-likeness (QED) is 0.289. The first-order valence-corrected chi connectivity index (χ1v) is 12.4. The van der Waals surface area contributed by atoms with Crippen molar-refractivity contribution in [1.82, 2.24) is 4.98 Å². The molecule has 0 saturated heterocycles. The van der Waals surface area contributed by atoms with Crippen molar-refractivity contribution in [2.24, 2.45) is 0 Å². The van der Waals surface area contributed by atoms with Gasteiger partial charge in [-0.3, -0.25) is 14.5 Å². The largest absolute Gasteiger partial charge is 0.494 e. The number of ether oxygens (including phenoxy) is 1. The third-order valence-electron chi connectivity index (χ3n) is 6.34. The summed E-state index contributed by atoms with van der Waals surface area (Å²) in [5.74, 6) is -0.461. The van der Waals surface area contributed by atoms with Crippen LogP contribution < -0.4 is 15.1 Å². The van der Waals surface area contributed by atoms with Crippen molar-refractivity contribution in [3.8, 4) is 5.75 Å². The maximum Gasteiger partial charge on any atom is 0.297 e. The fourth-order valence-corrected chi connectivity index (χ4v) is 6.03. The van der Waals surface area contributed by atoms with Crippen LogP contribution in [0.25, 0.3) is 21.2 Å². The lowest BCUT2D eigenvalue weighted by molar-refractivity contribution is 0.0971. The average Bonchev–Trinajstić information content (AvgIpc) is 3.39. The van der Waals surface area contributed by atoms with Crippen LogP contribution in [-0.2, 0) is 0 Å². The van der Waals surface area contributed by atoms with Gasteiger partial charge in [0.2, 0.25) is 5.76 Å². The minimum Gasteiger partial charge on any atom is -0.494 e. The Labute approximate surface area is 209 Å². The summed E-state index contributed by atoms with van der Waals surface area (Å²) in [6.07, 6.45) is 0. The van der Waals surface area contributed by atoms with Gasteiger partial charge in [0, 0.05) is 0 Å². The van der Waals surface area contributed by atoms with Gasteiger partial charge in [-0.15, -0.1) is 0 Å². The number of halogens is 1. The predicted molar refractivity (Wildman–Crippen MR) is 138 cm³/mol. The van der Waals surface area contributed by atoms with Crippen LogP contribution in [0.1, 0.15) is 45.8 Å². The third-order valence-corrected chi connectivity index (χ3v) is 7.34. The Morgan fingerprint density at radius 2 is 1.94 bits per heavy atom. The van der Waals surface area contributed by atoms with Gasteiger partial charge in [0.15, 0.2) is 10.6 Å². The number of rotatable bonds is 4. The van der Waals surface area contributed by atoms with Crippen LogP contribution in [0.4, 0.5) is 9.52 Å². The highest BCUT2D eigenvalue weighted by molar-refractivity contribution is 7.22. The third kappa shape index (κ3) is 3.40. The van der Waals surface area contributed by atoms with Crippen molar-refractivity contribution in [1.29, 1.82) is 0 Å². The van der Waals surface area contributed by atoms with E-state index in [1.54, 1.807) is 0 Å². The van der Waals surface area contributed by atoms with E-state index in [1.807, 2.05) is 57.2 Å². The normalized spacial score (nSPS) is 15.2. The first-order valence-electron chi connectivity index (χ1n) is 11.6. The van der Waals surface area contributed by atoms with Crippen molar-refractivity contribution in [3.05, 3.63) is 98.7 Å². The van der Waals surface area contributed by atoms with E-state index in [2.05, 4.69) is 0 Å². The topological polar surface area (TPSA) is 72.6 Å². The van der Waals surface area contributed by atoms with Gasteiger partial charge in [0.25, 0.3) is 5.91 Å². The zero-order chi connectivity index (χ0) is 25.1. The number of hydrogen-bond acceptors (Lipinski definition) is 6. The molecule has 0 N–H and O–H groups in total. The molecule has 0 bridgehead atoms. The zero-order valence-corrected chi connectivity index (χ0v) is 20.6. The van der Waals surface area contributed by atoms with E-state index < -0.39 is 23.2 Å². The SMILES string of the molecule is CCOc1cccc(C2c3c(oc4ccc(F)cc4c3=O)C(=O)N2c2nc3c(C)cc(C)cc3s2)c1. The molecule has 2 aromatic heterocycles. The fraction of sp³-hybridized carbons (Fsp3) is 0.179. The van der Waals surface area contributed by atoms with Crippen LogP contribution >= 0.6 is 11.3 Å². The number of benzene rings is 3. The van der Waals surface area contributed by atoms with Gasteiger partial charge in [-0.25, -0.2) is 9.37 Å². The zero-order valence-electron chi connectivity index (χ0n) is 19.8. The number of hydrogen-bond donors (Lipinski definition) is 0. The summed E-state index contributed by atoms with van der Waals surface area (Å²) >= 11 is 1.38. The lowest BCUT2D eigenvalue weighted by Crippen LogP contribution is -2.29. The maximum atomic E-state index is 14.1. The highest BCUT2D eigenvalue weighted by Gasteiger charge is 2.45. The Kier molecular flexibility index (Phi) is 5.15. The smallest absolute Gasteiger partial charge is 0.297 e. The number of carbonyl (C=O) groups excluding carboxylic acids is 1. The molecule has 0 fully saturated rings. The number of carbonyl (C=O) groups is 1. The molecule has 1 unspecified atom stereocenters. The lowest BCUT2D eigenvalue weighted by Gasteiger charge is -2.23. The van der Waals surface area contributed by atoms with E-state index in [0.29, 0.717) is 23.1 Å². The van der Waals surface area contributed by atoms with E-state index in [4.69, 9.17) is 14.1 Å². The van der Waals surface area contributed by atoms with Gasteiger partial charge in [-0.2, -0.15) is 0 Å². The van der Waals surface area contributed by atoms with Gasteiger partial charge in [-0.05, 0) is 73.9 Å². The molecule has 180 valence electrons. The number of aryl methyl sites for hydroxylation is 2. The lowest BCUT2D eigenvalue weighted by atomic mass is 9.98.